The molecule has 0 aliphatic heterocycles. The minimum absolute atomic E-state index is 0.102. The molecule has 0 aromatic heterocycles. The van der Waals surface area contributed by atoms with Crippen molar-refractivity contribution in [3.8, 4) is 17.2 Å². The number of aliphatic carboxylic acids is 1. The van der Waals surface area contributed by atoms with E-state index in [-0.39, 0.29) is 29.2 Å². The monoisotopic (exact) mass is 273 g/mol. The van der Waals surface area contributed by atoms with Crippen LogP contribution in [0.15, 0.2) is 6.07 Å². The number of carboxylic acid groups (broad SMARTS) is 1. The Bertz CT molecular complexity index is 478. The maximum atomic E-state index is 13.8. The summed E-state index contributed by atoms with van der Waals surface area (Å²) >= 11 is 0. The van der Waals surface area contributed by atoms with Crippen molar-refractivity contribution in [2.75, 3.05) is 21.3 Å². The quantitative estimate of drug-likeness (QED) is 0.797. The highest BCUT2D eigenvalue weighted by atomic mass is 19.1. The van der Waals surface area contributed by atoms with Crippen molar-refractivity contribution >= 4 is 5.97 Å². The Labute approximate surface area is 109 Å². The van der Waals surface area contributed by atoms with Crippen molar-refractivity contribution in [3.63, 3.8) is 0 Å². The fourth-order valence-electron chi connectivity index (χ4n) is 1.73. The molecule has 7 heteroatoms. The SMILES string of the molecule is COc1cc(F)c(OC)c(CC(N)C(=O)O)c1OC. The van der Waals surface area contributed by atoms with Crippen molar-refractivity contribution in [2.24, 2.45) is 5.73 Å². The van der Waals surface area contributed by atoms with Crippen LogP contribution in [0.25, 0.3) is 0 Å². The number of benzene rings is 1. The number of ether oxygens (including phenoxy) is 3. The molecular formula is C12H16FNO5. The molecule has 0 bridgehead atoms. The summed E-state index contributed by atoms with van der Waals surface area (Å²) in [6, 6.07) is -0.0951. The zero-order chi connectivity index (χ0) is 14.6. The lowest BCUT2D eigenvalue weighted by molar-refractivity contribution is -0.138. The van der Waals surface area contributed by atoms with E-state index >= 15 is 0 Å². The van der Waals surface area contributed by atoms with Crippen LogP contribution in [-0.4, -0.2) is 38.4 Å². The fourth-order valence-corrected chi connectivity index (χ4v) is 1.73. The summed E-state index contributed by atoms with van der Waals surface area (Å²) in [6.45, 7) is 0. The van der Waals surface area contributed by atoms with Gasteiger partial charge < -0.3 is 25.1 Å². The number of carboxylic acids is 1. The Morgan fingerprint density at radius 1 is 1.32 bits per heavy atom. The van der Waals surface area contributed by atoms with Crippen LogP contribution in [0.5, 0.6) is 17.2 Å². The Hall–Kier alpha value is -2.02. The van der Waals surface area contributed by atoms with E-state index in [1.807, 2.05) is 0 Å². The molecule has 1 aromatic rings. The first kappa shape index (κ1) is 15.0. The van der Waals surface area contributed by atoms with E-state index in [2.05, 4.69) is 0 Å². The first-order valence-electron chi connectivity index (χ1n) is 5.41. The second kappa shape index (κ2) is 6.24. The molecule has 3 N–H and O–H groups in total. The lowest BCUT2D eigenvalue weighted by atomic mass is 10.0. The molecule has 0 amide bonds. The van der Waals surface area contributed by atoms with E-state index in [1.165, 1.54) is 21.3 Å². The van der Waals surface area contributed by atoms with Crippen LogP contribution in [0.3, 0.4) is 0 Å². The number of rotatable bonds is 6. The molecule has 0 heterocycles. The summed E-state index contributed by atoms with van der Waals surface area (Å²) in [4.78, 5) is 10.8. The van der Waals surface area contributed by atoms with Gasteiger partial charge in [-0.3, -0.25) is 4.79 Å². The normalized spacial score (nSPS) is 11.8. The van der Waals surface area contributed by atoms with Crippen molar-refractivity contribution in [3.05, 3.63) is 17.4 Å². The highest BCUT2D eigenvalue weighted by Crippen LogP contribution is 2.40. The molecule has 106 valence electrons. The van der Waals surface area contributed by atoms with Gasteiger partial charge in [-0.2, -0.15) is 0 Å². The van der Waals surface area contributed by atoms with E-state index in [0.717, 1.165) is 6.07 Å². The molecule has 6 nitrogen and oxygen atoms in total. The molecule has 1 atom stereocenters. The van der Waals surface area contributed by atoms with E-state index in [4.69, 9.17) is 25.1 Å². The Kier molecular flexibility index (Phi) is 4.94. The maximum absolute atomic E-state index is 13.8. The van der Waals surface area contributed by atoms with Crippen LogP contribution in [-0.2, 0) is 11.2 Å². The van der Waals surface area contributed by atoms with Gasteiger partial charge in [0.05, 0.1) is 21.3 Å². The van der Waals surface area contributed by atoms with E-state index in [9.17, 15) is 9.18 Å². The standard InChI is InChI=1S/C12H16FNO5/c1-17-9-5-7(13)10(18-2)6(11(9)19-3)4-8(14)12(15)16/h5,8H,4,14H2,1-3H3,(H,15,16). The van der Waals surface area contributed by atoms with Crippen molar-refractivity contribution in [2.45, 2.75) is 12.5 Å². The molecule has 1 aromatic carbocycles. The molecule has 0 radical (unpaired) electrons. The number of hydrogen-bond donors (Lipinski definition) is 2. The van der Waals surface area contributed by atoms with Crippen LogP contribution in [0.4, 0.5) is 4.39 Å². The lowest BCUT2D eigenvalue weighted by Gasteiger charge is -2.18. The van der Waals surface area contributed by atoms with E-state index in [1.54, 1.807) is 0 Å². The molecule has 0 fully saturated rings. The van der Waals surface area contributed by atoms with Crippen molar-refractivity contribution in [1.82, 2.24) is 0 Å². The Balaban J connectivity index is 3.38. The minimum Gasteiger partial charge on any atom is -0.493 e. The van der Waals surface area contributed by atoms with Crippen LogP contribution in [0.2, 0.25) is 0 Å². The zero-order valence-electron chi connectivity index (χ0n) is 10.9. The molecule has 1 rings (SSSR count). The summed E-state index contributed by atoms with van der Waals surface area (Å²) < 4.78 is 28.9. The van der Waals surface area contributed by atoms with Gasteiger partial charge in [0, 0.05) is 18.1 Å². The first-order chi connectivity index (χ1) is 8.96. The Morgan fingerprint density at radius 2 is 1.89 bits per heavy atom. The van der Waals surface area contributed by atoms with Crippen molar-refractivity contribution in [1.29, 1.82) is 0 Å². The lowest BCUT2D eigenvalue weighted by Crippen LogP contribution is -2.32. The molecule has 0 saturated heterocycles. The topological polar surface area (TPSA) is 91.0 Å². The molecule has 1 unspecified atom stereocenters. The van der Waals surface area contributed by atoms with Crippen LogP contribution < -0.4 is 19.9 Å². The van der Waals surface area contributed by atoms with Gasteiger partial charge in [-0.25, -0.2) is 4.39 Å². The predicted molar refractivity (Wildman–Crippen MR) is 65.4 cm³/mol. The van der Waals surface area contributed by atoms with Gasteiger partial charge in [-0.15, -0.1) is 0 Å². The fraction of sp³-hybridized carbons (Fsp3) is 0.417. The summed E-state index contributed by atoms with van der Waals surface area (Å²) in [7, 11) is 4.00. The number of halogens is 1. The van der Waals surface area contributed by atoms with Gasteiger partial charge in [0.15, 0.2) is 23.1 Å². The second-order valence-corrected chi connectivity index (χ2v) is 3.75. The number of hydrogen-bond acceptors (Lipinski definition) is 5. The highest BCUT2D eigenvalue weighted by molar-refractivity contribution is 5.74. The summed E-state index contributed by atoms with van der Waals surface area (Å²) in [6.07, 6.45) is -0.143. The highest BCUT2D eigenvalue weighted by Gasteiger charge is 2.24. The average Bonchev–Trinajstić information content (AvgIpc) is 2.38. The largest absolute Gasteiger partial charge is 0.493 e. The predicted octanol–water partition coefficient (Wildman–Crippen LogP) is 0.806. The smallest absolute Gasteiger partial charge is 0.320 e. The number of methoxy groups -OCH3 is 3. The molecule has 0 spiro atoms. The molecule has 0 saturated carbocycles. The van der Waals surface area contributed by atoms with Gasteiger partial charge in [-0.1, -0.05) is 0 Å². The van der Waals surface area contributed by atoms with Gasteiger partial charge in [0.25, 0.3) is 0 Å². The average molecular weight is 273 g/mol. The van der Waals surface area contributed by atoms with E-state index in [0.29, 0.717) is 0 Å². The third kappa shape index (κ3) is 3.05. The van der Waals surface area contributed by atoms with Crippen LogP contribution in [0.1, 0.15) is 5.56 Å². The number of nitrogens with two attached hydrogens (primary N) is 1. The van der Waals surface area contributed by atoms with Crippen molar-refractivity contribution < 1.29 is 28.5 Å². The zero-order valence-corrected chi connectivity index (χ0v) is 10.9. The summed E-state index contributed by atoms with van der Waals surface area (Å²) in [5.41, 5.74) is 5.68. The van der Waals surface area contributed by atoms with Gasteiger partial charge in [-0.05, 0) is 0 Å². The van der Waals surface area contributed by atoms with Crippen LogP contribution >= 0.6 is 0 Å². The van der Waals surface area contributed by atoms with Gasteiger partial charge in [0.1, 0.15) is 6.04 Å². The Morgan fingerprint density at radius 3 is 2.32 bits per heavy atom. The second-order valence-electron chi connectivity index (χ2n) is 3.75. The van der Waals surface area contributed by atoms with Crippen LogP contribution in [0, 0.1) is 5.82 Å². The summed E-state index contributed by atoms with van der Waals surface area (Å²) in [5, 5.41) is 8.83. The molecule has 19 heavy (non-hydrogen) atoms. The molecular weight excluding hydrogens is 257 g/mol. The third-order valence-corrected chi connectivity index (χ3v) is 2.62. The first-order valence-corrected chi connectivity index (χ1v) is 5.41. The van der Waals surface area contributed by atoms with Gasteiger partial charge in [0.2, 0.25) is 0 Å². The maximum Gasteiger partial charge on any atom is 0.320 e. The third-order valence-electron chi connectivity index (χ3n) is 2.62. The van der Waals surface area contributed by atoms with Gasteiger partial charge >= 0.3 is 5.97 Å². The number of carbonyl (C=O) groups is 1. The molecule has 0 aliphatic carbocycles. The summed E-state index contributed by atoms with van der Waals surface area (Å²) in [5.74, 6) is -1.62. The minimum atomic E-state index is -1.20. The molecule has 0 aliphatic rings. The van der Waals surface area contributed by atoms with E-state index < -0.39 is 17.8 Å².